The van der Waals surface area contributed by atoms with Gasteiger partial charge in [-0.2, -0.15) is 0 Å². The third kappa shape index (κ3) is 5.91. The number of benzene rings is 9. The molecule has 2 aromatic heterocycles. The number of thiophene rings is 1. The molecule has 302 valence electrons. The van der Waals surface area contributed by atoms with Crippen molar-refractivity contribution in [2.75, 3.05) is 0 Å². The van der Waals surface area contributed by atoms with Gasteiger partial charge in [-0.1, -0.05) is 12.1 Å². The topological polar surface area (TPSA) is 37.9 Å². The summed E-state index contributed by atoms with van der Waals surface area (Å²) in [6.45, 7) is 0. The molecule has 0 spiro atoms. The number of hydrogen-bond donors (Lipinski definition) is 0. The SMILES string of the molecule is C1=C(c2cccc(-c3ccccc3)c2)N=C(c2ccc3c(c2)oc2ccccc23)N=C(c2ccc(C3(c4ccc5c(c4)sc4ccccc45)c4ccccc4-c4ccccc43)cc2)[I-]1. The van der Waals surface area contributed by atoms with Gasteiger partial charge in [0.2, 0.25) is 0 Å². The number of nitrogens with zero attached hydrogens (tertiary/aromatic N) is 2. The van der Waals surface area contributed by atoms with Gasteiger partial charge in [0.15, 0.2) is 0 Å². The zero-order chi connectivity index (χ0) is 42.2. The Kier molecular flexibility index (Phi) is 8.74. The molecular weight excluding hydrogens is 912 g/mol. The first-order valence-corrected chi connectivity index (χ1v) is 24.6. The van der Waals surface area contributed by atoms with Gasteiger partial charge in [0, 0.05) is 0 Å². The molecule has 13 rings (SSSR count). The van der Waals surface area contributed by atoms with Gasteiger partial charge in [0.25, 0.3) is 0 Å². The van der Waals surface area contributed by atoms with Crippen LogP contribution in [0.15, 0.2) is 231 Å². The van der Waals surface area contributed by atoms with Crippen molar-refractivity contribution in [2.45, 2.75) is 5.41 Å². The van der Waals surface area contributed by atoms with Crippen LogP contribution in [0.25, 0.3) is 70.1 Å². The van der Waals surface area contributed by atoms with Crippen molar-refractivity contribution in [3.05, 3.63) is 255 Å². The van der Waals surface area contributed by atoms with E-state index in [9.17, 15) is 0 Å². The summed E-state index contributed by atoms with van der Waals surface area (Å²) in [6.07, 6.45) is 0. The molecule has 1 aliphatic carbocycles. The van der Waals surface area contributed by atoms with E-state index in [2.05, 4.69) is 204 Å². The first kappa shape index (κ1) is 37.4. The molecule has 1 aliphatic heterocycles. The summed E-state index contributed by atoms with van der Waals surface area (Å²) in [5.41, 5.74) is 15.3. The number of halogens is 1. The number of hydrogen-bond acceptors (Lipinski definition) is 4. The second-order valence-corrected chi connectivity index (χ2v) is 19.8. The van der Waals surface area contributed by atoms with Crippen LogP contribution in [0.2, 0.25) is 0 Å². The molecule has 0 bridgehead atoms. The van der Waals surface area contributed by atoms with Gasteiger partial charge in [0.05, 0.1) is 0 Å². The predicted molar refractivity (Wildman–Crippen MR) is 263 cm³/mol. The third-order valence-corrected chi connectivity index (χ3v) is 16.4. The van der Waals surface area contributed by atoms with E-state index < -0.39 is 26.6 Å². The van der Waals surface area contributed by atoms with E-state index in [1.807, 2.05) is 23.5 Å². The van der Waals surface area contributed by atoms with Crippen molar-refractivity contribution in [3.8, 4) is 22.3 Å². The van der Waals surface area contributed by atoms with Gasteiger partial charge >= 0.3 is 375 Å². The Bertz CT molecular complexity index is 3720. The molecule has 2 aliphatic rings. The Morgan fingerprint density at radius 2 is 1.03 bits per heavy atom. The fourth-order valence-electron chi connectivity index (χ4n) is 9.96. The monoisotopic (exact) mass is 947 g/mol. The van der Waals surface area contributed by atoms with E-state index in [1.54, 1.807) is 0 Å². The molecule has 9 aromatic carbocycles. The summed E-state index contributed by atoms with van der Waals surface area (Å²) in [4.78, 5) is 10.9. The summed E-state index contributed by atoms with van der Waals surface area (Å²) in [6, 6.07) is 77.1. The van der Waals surface area contributed by atoms with Crippen molar-refractivity contribution < 1.29 is 25.6 Å². The van der Waals surface area contributed by atoms with E-state index in [0.717, 1.165) is 53.6 Å². The zero-order valence-electron chi connectivity index (χ0n) is 34.4. The molecule has 0 radical (unpaired) electrons. The van der Waals surface area contributed by atoms with Crippen LogP contribution in [0.4, 0.5) is 0 Å². The molecule has 0 amide bonds. The van der Waals surface area contributed by atoms with Crippen LogP contribution < -0.4 is 21.2 Å². The van der Waals surface area contributed by atoms with Gasteiger partial charge in [-0.15, -0.1) is 0 Å². The van der Waals surface area contributed by atoms with Crippen LogP contribution >= 0.6 is 11.3 Å². The minimum atomic E-state index is -0.703. The number of aliphatic imine (C=N–C) groups is 2. The zero-order valence-corrected chi connectivity index (χ0v) is 37.3. The van der Waals surface area contributed by atoms with Gasteiger partial charge in [-0.3, -0.25) is 0 Å². The van der Waals surface area contributed by atoms with Crippen molar-refractivity contribution in [1.82, 2.24) is 0 Å². The fraction of sp³-hybridized carbons (Fsp3) is 0.0169. The molecule has 11 aromatic rings. The number of amidine groups is 1. The van der Waals surface area contributed by atoms with Gasteiger partial charge < -0.3 is 0 Å². The first-order chi connectivity index (χ1) is 31.7. The van der Waals surface area contributed by atoms with E-state index >= 15 is 0 Å². The summed E-state index contributed by atoms with van der Waals surface area (Å²) < 4.78 is 12.4. The van der Waals surface area contributed by atoms with Crippen molar-refractivity contribution in [1.29, 1.82) is 0 Å². The molecule has 3 heterocycles. The molecule has 3 nitrogen and oxygen atoms in total. The second kappa shape index (κ2) is 15.0. The van der Waals surface area contributed by atoms with Crippen LogP contribution in [0.3, 0.4) is 0 Å². The average molecular weight is 948 g/mol. The Labute approximate surface area is 384 Å². The second-order valence-electron chi connectivity index (χ2n) is 16.4. The quantitative estimate of drug-likeness (QED) is 0.153. The Morgan fingerprint density at radius 3 is 1.86 bits per heavy atom. The Balaban J connectivity index is 0.960. The third-order valence-electron chi connectivity index (χ3n) is 12.9. The van der Waals surface area contributed by atoms with E-state index in [-0.39, 0.29) is 0 Å². The van der Waals surface area contributed by atoms with Crippen molar-refractivity contribution >= 4 is 68.7 Å². The summed E-state index contributed by atoms with van der Waals surface area (Å²) in [7, 11) is 0. The average Bonchev–Trinajstić information content (AvgIpc) is 3.96. The fourth-order valence-corrected chi connectivity index (χ4v) is 13.3. The normalized spacial score (nSPS) is 14.4. The molecule has 64 heavy (non-hydrogen) atoms. The van der Waals surface area contributed by atoms with Crippen LogP contribution in [-0.2, 0) is 5.41 Å². The molecule has 5 heteroatoms. The van der Waals surface area contributed by atoms with Gasteiger partial charge in [-0.25, -0.2) is 0 Å². The van der Waals surface area contributed by atoms with E-state index in [4.69, 9.17) is 14.4 Å². The molecular formula is C59H36IN2OS-. The summed E-state index contributed by atoms with van der Waals surface area (Å²) in [5, 5.41) is 4.81. The number of furan rings is 1. The van der Waals surface area contributed by atoms with Gasteiger partial charge in [-0.05, 0) is 0 Å². The van der Waals surface area contributed by atoms with Crippen molar-refractivity contribution in [3.63, 3.8) is 0 Å². The number of rotatable bonds is 6. The standard InChI is InChI=1S/C59H36IN2OS/c1-2-13-37(14-3-1)39-15-12-16-40(33-39)52-36-60-57(62-58(61-52)41-27-31-47-46-19-6-10-23-53(46)63-54(47)34-41)38-25-28-42(29-26-38)59(50-21-8-4-17-44(50)45-18-5-9-22-51(45)59)43-30-32-49-48-20-7-11-24-55(48)64-56(49)35-43/h1-36H/q-1. The maximum absolute atomic E-state index is 6.39. The molecule has 0 unspecified atom stereocenters. The van der Waals surface area contributed by atoms with E-state index in [0.29, 0.717) is 5.84 Å². The van der Waals surface area contributed by atoms with Gasteiger partial charge in [0.1, 0.15) is 0 Å². The van der Waals surface area contributed by atoms with Crippen LogP contribution in [-0.4, -0.2) is 9.55 Å². The predicted octanol–water partition coefficient (Wildman–Crippen LogP) is 12.3. The van der Waals surface area contributed by atoms with Crippen LogP contribution in [0.5, 0.6) is 0 Å². The van der Waals surface area contributed by atoms with Crippen LogP contribution in [0.1, 0.15) is 38.9 Å². The molecule has 0 saturated carbocycles. The maximum atomic E-state index is 6.39. The van der Waals surface area contributed by atoms with E-state index in [1.165, 1.54) is 59.1 Å². The molecule has 0 fully saturated rings. The first-order valence-electron chi connectivity index (χ1n) is 21.5. The summed E-state index contributed by atoms with van der Waals surface area (Å²) >= 11 is 1.17. The summed E-state index contributed by atoms with van der Waals surface area (Å²) in [5.74, 6) is 0.682. The Hall–Kier alpha value is -7.19. The molecule has 0 N–H and O–H groups in total. The van der Waals surface area contributed by atoms with Crippen LogP contribution in [0, 0.1) is 0 Å². The minimum absolute atomic E-state index is 0.512. The Morgan fingerprint density at radius 1 is 0.406 bits per heavy atom. The number of para-hydroxylation sites is 1. The molecule has 0 atom stereocenters. The molecule has 0 saturated heterocycles. The van der Waals surface area contributed by atoms with Crippen molar-refractivity contribution in [2.24, 2.45) is 9.98 Å². The number of fused-ring (bicyclic) bond motifs is 9.